The second-order valence-corrected chi connectivity index (χ2v) is 5.86. The van der Waals surface area contributed by atoms with Gasteiger partial charge in [0.2, 0.25) is 0 Å². The Morgan fingerprint density at radius 3 is 2.62 bits per heavy atom. The highest BCUT2D eigenvalue weighted by atomic mass is 35.5. The van der Waals surface area contributed by atoms with Crippen LogP contribution in [0.1, 0.15) is 34.1 Å². The van der Waals surface area contributed by atoms with Crippen molar-refractivity contribution in [1.82, 2.24) is 10.3 Å². The molecule has 1 aromatic carbocycles. The lowest BCUT2D eigenvalue weighted by Crippen LogP contribution is -2.28. The summed E-state index contributed by atoms with van der Waals surface area (Å²) in [5.41, 5.74) is 2.22. The number of rotatable bonds is 5. The Bertz CT molecular complexity index is 833. The summed E-state index contributed by atoms with van der Waals surface area (Å²) >= 11 is 6.07. The molecule has 128 valence electrons. The molecular formula is C17H19ClFN3O2. The Kier molecular flexibility index (Phi) is 5.62. The molecule has 7 heteroatoms. The summed E-state index contributed by atoms with van der Waals surface area (Å²) in [4.78, 5) is 26.7. The number of hydrogen-bond donors (Lipinski definition) is 3. The second kappa shape index (κ2) is 7.49. The van der Waals surface area contributed by atoms with Crippen molar-refractivity contribution < 1.29 is 9.18 Å². The first kappa shape index (κ1) is 18.0. The standard InChI is InChI=1S/C17H19ClFN3O2/c1-4-20-14-6-11(18)5-12(9(14)2)17(24)21-8-13-10(3)22-16(19)7-15(13)23/h5-7,20H,4,8H2,1-3H3,(H,21,24)(H,22,23). The van der Waals surface area contributed by atoms with Gasteiger partial charge in [-0.3, -0.25) is 9.59 Å². The van der Waals surface area contributed by atoms with Gasteiger partial charge in [-0.15, -0.1) is 0 Å². The van der Waals surface area contributed by atoms with Gasteiger partial charge < -0.3 is 15.6 Å². The third-order valence-corrected chi connectivity index (χ3v) is 3.94. The number of aromatic nitrogens is 1. The minimum atomic E-state index is -0.700. The van der Waals surface area contributed by atoms with Crippen LogP contribution in [0.25, 0.3) is 0 Å². The summed E-state index contributed by atoms with van der Waals surface area (Å²) in [6.45, 7) is 6.05. The van der Waals surface area contributed by atoms with Crippen LogP contribution < -0.4 is 16.1 Å². The summed E-state index contributed by atoms with van der Waals surface area (Å²) in [5, 5.41) is 6.28. The molecule has 0 saturated heterocycles. The molecule has 2 aromatic rings. The fraction of sp³-hybridized carbons (Fsp3) is 0.294. The first-order chi connectivity index (χ1) is 11.3. The van der Waals surface area contributed by atoms with Crippen LogP contribution in [0.15, 0.2) is 23.0 Å². The molecule has 0 aliphatic carbocycles. The molecule has 0 saturated carbocycles. The third kappa shape index (κ3) is 3.94. The van der Waals surface area contributed by atoms with Crippen LogP contribution in [0.2, 0.25) is 5.02 Å². The molecule has 2 rings (SSSR count). The highest BCUT2D eigenvalue weighted by Crippen LogP contribution is 2.24. The summed E-state index contributed by atoms with van der Waals surface area (Å²) in [7, 11) is 0. The monoisotopic (exact) mass is 351 g/mol. The molecule has 1 heterocycles. The zero-order valence-corrected chi connectivity index (χ0v) is 14.5. The van der Waals surface area contributed by atoms with E-state index in [-0.39, 0.29) is 12.5 Å². The van der Waals surface area contributed by atoms with E-state index in [1.807, 2.05) is 13.8 Å². The van der Waals surface area contributed by atoms with Gasteiger partial charge in [-0.05, 0) is 38.5 Å². The molecule has 0 aliphatic heterocycles. The van der Waals surface area contributed by atoms with Crippen molar-refractivity contribution >= 4 is 23.2 Å². The van der Waals surface area contributed by atoms with Gasteiger partial charge in [0.05, 0.1) is 0 Å². The molecule has 0 spiro atoms. The largest absolute Gasteiger partial charge is 0.385 e. The first-order valence-electron chi connectivity index (χ1n) is 7.54. The van der Waals surface area contributed by atoms with E-state index in [4.69, 9.17) is 11.6 Å². The molecule has 1 amide bonds. The Hall–Kier alpha value is -2.34. The van der Waals surface area contributed by atoms with Gasteiger partial charge in [0.15, 0.2) is 11.4 Å². The van der Waals surface area contributed by atoms with Gasteiger partial charge in [0.1, 0.15) is 0 Å². The van der Waals surface area contributed by atoms with Gasteiger partial charge in [0, 0.05) is 46.7 Å². The fourth-order valence-corrected chi connectivity index (χ4v) is 2.67. The van der Waals surface area contributed by atoms with E-state index in [2.05, 4.69) is 15.6 Å². The fourth-order valence-electron chi connectivity index (χ4n) is 2.45. The van der Waals surface area contributed by atoms with E-state index in [0.29, 0.717) is 28.4 Å². The number of carbonyl (C=O) groups excluding carboxylic acids is 1. The number of anilines is 1. The number of aromatic amines is 1. The zero-order valence-electron chi connectivity index (χ0n) is 13.7. The number of nitrogens with one attached hydrogen (secondary N) is 3. The van der Waals surface area contributed by atoms with Crippen LogP contribution in [0.4, 0.5) is 10.1 Å². The number of amides is 1. The molecule has 3 N–H and O–H groups in total. The quantitative estimate of drug-likeness (QED) is 0.724. The van der Waals surface area contributed by atoms with Crippen LogP contribution in [0.5, 0.6) is 0 Å². The summed E-state index contributed by atoms with van der Waals surface area (Å²) in [5.74, 6) is -1.05. The molecule has 1 aromatic heterocycles. The van der Waals surface area contributed by atoms with Crippen LogP contribution in [0.3, 0.4) is 0 Å². The SMILES string of the molecule is CCNc1cc(Cl)cc(C(=O)NCc2c(C)[nH]c(F)cc2=O)c1C. The molecule has 0 bridgehead atoms. The minimum Gasteiger partial charge on any atom is -0.385 e. The van der Waals surface area contributed by atoms with Crippen molar-refractivity contribution in [2.24, 2.45) is 0 Å². The number of pyridine rings is 1. The highest BCUT2D eigenvalue weighted by Gasteiger charge is 2.15. The predicted octanol–water partition coefficient (Wildman–Crippen LogP) is 3.15. The van der Waals surface area contributed by atoms with Crippen LogP contribution in [0, 0.1) is 19.8 Å². The van der Waals surface area contributed by atoms with Crippen LogP contribution in [-0.4, -0.2) is 17.4 Å². The first-order valence-corrected chi connectivity index (χ1v) is 7.91. The van der Waals surface area contributed by atoms with Gasteiger partial charge in [0.25, 0.3) is 5.91 Å². The smallest absolute Gasteiger partial charge is 0.251 e. The van der Waals surface area contributed by atoms with Crippen molar-refractivity contribution in [2.75, 3.05) is 11.9 Å². The summed E-state index contributed by atoms with van der Waals surface area (Å²) in [6, 6.07) is 4.20. The Morgan fingerprint density at radius 1 is 1.29 bits per heavy atom. The molecule has 0 fully saturated rings. The van der Waals surface area contributed by atoms with Crippen molar-refractivity contribution in [3.05, 3.63) is 61.8 Å². The number of H-pyrrole nitrogens is 1. The van der Waals surface area contributed by atoms with E-state index < -0.39 is 11.4 Å². The number of benzene rings is 1. The Morgan fingerprint density at radius 2 is 2.00 bits per heavy atom. The molecule has 0 atom stereocenters. The second-order valence-electron chi connectivity index (χ2n) is 5.42. The number of hydrogen-bond acceptors (Lipinski definition) is 3. The maximum Gasteiger partial charge on any atom is 0.251 e. The maximum atomic E-state index is 13.1. The number of carbonyl (C=O) groups is 1. The van der Waals surface area contributed by atoms with E-state index in [0.717, 1.165) is 17.3 Å². The van der Waals surface area contributed by atoms with Gasteiger partial charge in [-0.2, -0.15) is 4.39 Å². The maximum absolute atomic E-state index is 13.1. The van der Waals surface area contributed by atoms with E-state index in [1.54, 1.807) is 19.1 Å². The number of halogens is 2. The van der Waals surface area contributed by atoms with Crippen molar-refractivity contribution in [3.8, 4) is 0 Å². The van der Waals surface area contributed by atoms with Crippen LogP contribution >= 0.6 is 11.6 Å². The zero-order chi connectivity index (χ0) is 17.9. The molecule has 0 aliphatic rings. The average Bonchev–Trinajstić information content (AvgIpc) is 2.49. The van der Waals surface area contributed by atoms with Gasteiger partial charge in [-0.1, -0.05) is 11.6 Å². The molecule has 5 nitrogen and oxygen atoms in total. The molecule has 0 unspecified atom stereocenters. The average molecular weight is 352 g/mol. The molecular weight excluding hydrogens is 333 g/mol. The minimum absolute atomic E-state index is 0.00275. The number of aryl methyl sites for hydroxylation is 1. The normalized spacial score (nSPS) is 10.5. The van der Waals surface area contributed by atoms with Crippen molar-refractivity contribution in [1.29, 1.82) is 0 Å². The van der Waals surface area contributed by atoms with E-state index in [9.17, 15) is 14.0 Å². The van der Waals surface area contributed by atoms with Gasteiger partial charge >= 0.3 is 0 Å². The van der Waals surface area contributed by atoms with Crippen molar-refractivity contribution in [3.63, 3.8) is 0 Å². The van der Waals surface area contributed by atoms with E-state index in [1.165, 1.54) is 0 Å². The Balaban J connectivity index is 2.24. The molecule has 24 heavy (non-hydrogen) atoms. The predicted molar refractivity (Wildman–Crippen MR) is 93.3 cm³/mol. The van der Waals surface area contributed by atoms with E-state index >= 15 is 0 Å². The summed E-state index contributed by atoms with van der Waals surface area (Å²) < 4.78 is 13.1. The Labute approximate surface area is 144 Å². The molecule has 0 radical (unpaired) electrons. The lowest BCUT2D eigenvalue weighted by molar-refractivity contribution is 0.0950. The highest BCUT2D eigenvalue weighted by molar-refractivity contribution is 6.31. The lowest BCUT2D eigenvalue weighted by Gasteiger charge is -2.14. The topological polar surface area (TPSA) is 74.0 Å². The third-order valence-electron chi connectivity index (χ3n) is 3.72. The van der Waals surface area contributed by atoms with Gasteiger partial charge in [-0.25, -0.2) is 0 Å². The van der Waals surface area contributed by atoms with Crippen LogP contribution in [-0.2, 0) is 6.54 Å². The van der Waals surface area contributed by atoms with Crippen molar-refractivity contribution in [2.45, 2.75) is 27.3 Å². The summed E-state index contributed by atoms with van der Waals surface area (Å²) in [6.07, 6.45) is 0. The lowest BCUT2D eigenvalue weighted by atomic mass is 10.1.